The van der Waals surface area contributed by atoms with Crippen molar-refractivity contribution in [2.45, 2.75) is 36.1 Å². The summed E-state index contributed by atoms with van der Waals surface area (Å²) in [5.74, 6) is 0.280. The molecule has 1 aliphatic heterocycles. The molecule has 4 rings (SSSR count). The number of nitrogen functional groups attached to an aromatic ring is 1. The highest BCUT2D eigenvalue weighted by molar-refractivity contribution is 7.98. The third kappa shape index (κ3) is 4.83. The zero-order valence-electron chi connectivity index (χ0n) is 17.0. The largest absolute Gasteiger partial charge is 0.383 e. The van der Waals surface area contributed by atoms with Crippen molar-refractivity contribution in [2.75, 3.05) is 17.7 Å². The van der Waals surface area contributed by atoms with Crippen molar-refractivity contribution >= 4 is 39.7 Å². The molecule has 32 heavy (non-hydrogen) atoms. The van der Waals surface area contributed by atoms with E-state index >= 15 is 0 Å². The number of nitrogens with zero attached hydrogens (tertiary/aromatic N) is 4. The summed E-state index contributed by atoms with van der Waals surface area (Å²) in [7, 11) is 0. The molecule has 2 aromatic heterocycles. The van der Waals surface area contributed by atoms with Gasteiger partial charge in [-0.1, -0.05) is 11.8 Å². The van der Waals surface area contributed by atoms with Crippen molar-refractivity contribution in [1.29, 1.82) is 10.5 Å². The minimum atomic E-state index is -0.330. The van der Waals surface area contributed by atoms with E-state index in [1.54, 1.807) is 12.1 Å². The molecule has 0 amide bonds. The Morgan fingerprint density at radius 2 is 1.97 bits per heavy atom. The predicted octanol–water partition coefficient (Wildman–Crippen LogP) is 5.28. The van der Waals surface area contributed by atoms with Gasteiger partial charge in [0, 0.05) is 29.0 Å². The summed E-state index contributed by atoms with van der Waals surface area (Å²) in [5, 5.41) is 25.7. The summed E-state index contributed by atoms with van der Waals surface area (Å²) in [6.07, 6.45) is 2.33. The van der Waals surface area contributed by atoms with E-state index in [-0.39, 0.29) is 23.3 Å². The van der Waals surface area contributed by atoms with Crippen LogP contribution in [0.5, 0.6) is 0 Å². The average Bonchev–Trinajstić information content (AvgIpc) is 3.26. The van der Waals surface area contributed by atoms with Crippen molar-refractivity contribution in [2.24, 2.45) is 0 Å². The lowest BCUT2D eigenvalue weighted by Crippen LogP contribution is -2.16. The van der Waals surface area contributed by atoms with Gasteiger partial charge < -0.3 is 15.8 Å². The Balaban J connectivity index is 1.54. The Kier molecular flexibility index (Phi) is 6.86. The Hall–Kier alpha value is -3.18. The topological polar surface area (TPSA) is 121 Å². The van der Waals surface area contributed by atoms with Crippen LogP contribution in [0.4, 0.5) is 21.0 Å². The average molecular weight is 467 g/mol. The van der Waals surface area contributed by atoms with Gasteiger partial charge in [-0.05, 0) is 43.5 Å². The molecule has 1 atom stereocenters. The summed E-state index contributed by atoms with van der Waals surface area (Å²) >= 11 is 2.77. The van der Waals surface area contributed by atoms with E-state index < -0.39 is 0 Å². The molecule has 7 nitrogen and oxygen atoms in total. The second-order valence-electron chi connectivity index (χ2n) is 7.11. The summed E-state index contributed by atoms with van der Waals surface area (Å²) in [6, 6.07) is 10.4. The second-order valence-corrected chi connectivity index (χ2v) is 8.93. The number of benzene rings is 1. The number of anilines is 3. The van der Waals surface area contributed by atoms with Crippen molar-refractivity contribution in [1.82, 2.24) is 9.97 Å². The zero-order valence-corrected chi connectivity index (χ0v) is 18.6. The Bertz CT molecular complexity index is 1190. The van der Waals surface area contributed by atoms with Gasteiger partial charge in [0.1, 0.15) is 34.4 Å². The molecule has 0 saturated carbocycles. The van der Waals surface area contributed by atoms with Crippen LogP contribution in [0.3, 0.4) is 0 Å². The number of aromatic nitrogens is 2. The van der Waals surface area contributed by atoms with Gasteiger partial charge in [-0.15, -0.1) is 11.3 Å². The molecule has 0 spiro atoms. The molecule has 1 aliphatic rings. The number of ether oxygens (including phenoxy) is 1. The fraction of sp³-hybridized carbons (Fsp3) is 0.273. The number of thiazole rings is 1. The number of thioether (sulfide) groups is 1. The summed E-state index contributed by atoms with van der Waals surface area (Å²) in [5.41, 5.74) is 8.71. The first kappa shape index (κ1) is 22.0. The monoisotopic (exact) mass is 466 g/mol. The molecule has 1 aromatic carbocycles. The van der Waals surface area contributed by atoms with E-state index in [4.69, 9.17) is 10.5 Å². The molecular formula is C22H19FN6OS2. The van der Waals surface area contributed by atoms with Gasteiger partial charge in [-0.2, -0.15) is 10.5 Å². The van der Waals surface area contributed by atoms with Crippen LogP contribution in [0.1, 0.15) is 47.8 Å². The van der Waals surface area contributed by atoms with E-state index in [1.165, 1.54) is 35.2 Å². The lowest BCUT2D eigenvalue weighted by molar-refractivity contribution is 0.0145. The third-order valence-corrected chi connectivity index (χ3v) is 6.78. The van der Waals surface area contributed by atoms with Crippen LogP contribution >= 0.6 is 23.1 Å². The van der Waals surface area contributed by atoms with Crippen LogP contribution in [0.2, 0.25) is 0 Å². The number of nitrogens with two attached hydrogens (primary N) is 1. The quantitative estimate of drug-likeness (QED) is 0.471. The predicted molar refractivity (Wildman–Crippen MR) is 122 cm³/mol. The Morgan fingerprint density at radius 3 is 2.66 bits per heavy atom. The second kappa shape index (κ2) is 9.96. The number of hydrogen-bond acceptors (Lipinski definition) is 9. The van der Waals surface area contributed by atoms with Gasteiger partial charge >= 0.3 is 0 Å². The third-order valence-electron chi connectivity index (χ3n) is 4.96. The van der Waals surface area contributed by atoms with Crippen molar-refractivity contribution in [3.05, 3.63) is 57.8 Å². The molecule has 3 N–H and O–H groups in total. The molecule has 0 aliphatic carbocycles. The molecule has 162 valence electrons. The highest BCUT2D eigenvalue weighted by Gasteiger charge is 2.27. The Morgan fingerprint density at radius 1 is 1.19 bits per heavy atom. The fourth-order valence-corrected chi connectivity index (χ4v) is 5.18. The first-order valence-electron chi connectivity index (χ1n) is 9.94. The lowest BCUT2D eigenvalue weighted by Gasteiger charge is -2.25. The van der Waals surface area contributed by atoms with Crippen LogP contribution in [-0.4, -0.2) is 16.6 Å². The maximum Gasteiger partial charge on any atom is 0.187 e. The first-order valence-corrected chi connectivity index (χ1v) is 11.8. The normalized spacial score (nSPS) is 15.7. The first-order chi connectivity index (χ1) is 15.6. The number of nitrogens with one attached hydrogen (secondary N) is 1. The van der Waals surface area contributed by atoms with Gasteiger partial charge in [0.15, 0.2) is 5.13 Å². The number of hydrogen-bond donors (Lipinski definition) is 2. The van der Waals surface area contributed by atoms with Crippen LogP contribution in [-0.2, 0) is 10.5 Å². The zero-order chi connectivity index (χ0) is 22.5. The van der Waals surface area contributed by atoms with Gasteiger partial charge in [0.05, 0.1) is 17.4 Å². The maximum atomic E-state index is 13.1. The molecular weight excluding hydrogens is 447 g/mol. The van der Waals surface area contributed by atoms with Crippen molar-refractivity contribution < 1.29 is 9.13 Å². The van der Waals surface area contributed by atoms with E-state index in [2.05, 4.69) is 27.4 Å². The molecule has 3 aromatic rings. The SMILES string of the molecule is N#Cc1c(N)nc(SCc2csc(Nc3ccc(F)cc3)n2)c(C#N)c1C1CCCCO1. The molecule has 3 heterocycles. The van der Waals surface area contributed by atoms with Gasteiger partial charge in [0.2, 0.25) is 0 Å². The van der Waals surface area contributed by atoms with Gasteiger partial charge in [0.25, 0.3) is 0 Å². The minimum absolute atomic E-state index is 0.107. The molecule has 1 fully saturated rings. The van der Waals surface area contributed by atoms with Crippen molar-refractivity contribution in [3.63, 3.8) is 0 Å². The van der Waals surface area contributed by atoms with Crippen LogP contribution < -0.4 is 11.1 Å². The van der Waals surface area contributed by atoms with E-state index in [0.29, 0.717) is 33.6 Å². The number of rotatable bonds is 6. The number of halogens is 1. The van der Waals surface area contributed by atoms with Gasteiger partial charge in [-0.25, -0.2) is 14.4 Å². The minimum Gasteiger partial charge on any atom is -0.383 e. The maximum absolute atomic E-state index is 13.1. The Labute approximate surface area is 193 Å². The van der Waals surface area contributed by atoms with Crippen LogP contribution in [0.15, 0.2) is 34.7 Å². The number of nitriles is 2. The summed E-state index contributed by atoms with van der Waals surface area (Å²) in [4.78, 5) is 8.87. The molecule has 1 unspecified atom stereocenters. The number of pyridine rings is 1. The summed E-state index contributed by atoms with van der Waals surface area (Å²) in [6.45, 7) is 0.591. The molecule has 0 radical (unpaired) electrons. The lowest BCUT2D eigenvalue weighted by atomic mass is 9.94. The fourth-order valence-electron chi connectivity index (χ4n) is 3.45. The summed E-state index contributed by atoms with van der Waals surface area (Å²) < 4.78 is 18.9. The van der Waals surface area contributed by atoms with E-state index in [9.17, 15) is 14.9 Å². The molecule has 1 saturated heterocycles. The van der Waals surface area contributed by atoms with Crippen LogP contribution in [0.25, 0.3) is 0 Å². The highest BCUT2D eigenvalue weighted by Crippen LogP contribution is 2.38. The highest BCUT2D eigenvalue weighted by atomic mass is 32.2. The van der Waals surface area contributed by atoms with Crippen LogP contribution in [0, 0.1) is 28.5 Å². The molecule has 0 bridgehead atoms. The standard InChI is InChI=1S/C22H19FN6OS2/c23-13-4-6-14(7-5-13)27-22-28-15(12-32-22)11-31-21-17(10-25)19(16(9-24)20(26)29-21)18-3-1-2-8-30-18/h4-7,12,18H,1-3,8,11H2,(H2,26,29)(H,27,28). The molecule has 10 heteroatoms. The van der Waals surface area contributed by atoms with Crippen molar-refractivity contribution in [3.8, 4) is 12.1 Å². The smallest absolute Gasteiger partial charge is 0.187 e. The van der Waals surface area contributed by atoms with E-state index in [0.717, 1.165) is 30.6 Å². The van der Waals surface area contributed by atoms with E-state index in [1.807, 2.05) is 5.38 Å². The van der Waals surface area contributed by atoms with Gasteiger partial charge in [-0.3, -0.25) is 0 Å².